The number of nitrogens with one attached hydrogen (secondary N) is 1. The average molecular weight is 512 g/mol. The summed E-state index contributed by atoms with van der Waals surface area (Å²) in [7, 11) is 0. The van der Waals surface area contributed by atoms with Gasteiger partial charge >= 0.3 is 11.6 Å². The Morgan fingerprint density at radius 3 is 2.29 bits per heavy atom. The highest BCUT2D eigenvalue weighted by molar-refractivity contribution is 6.03. The molecule has 8 nitrogen and oxygen atoms in total. The molecule has 1 atom stereocenters. The van der Waals surface area contributed by atoms with Crippen LogP contribution in [0.5, 0.6) is 5.75 Å². The van der Waals surface area contributed by atoms with Crippen LogP contribution in [0.2, 0.25) is 0 Å². The lowest BCUT2D eigenvalue weighted by atomic mass is 9.98. The van der Waals surface area contributed by atoms with Gasteiger partial charge in [0, 0.05) is 28.8 Å². The summed E-state index contributed by atoms with van der Waals surface area (Å²) in [5, 5.41) is 23.1. The maximum Gasteiger partial charge on any atom is 0.340 e. The molecule has 0 saturated heterocycles. The zero-order valence-electron chi connectivity index (χ0n) is 20.8. The Balaban J connectivity index is 1.47. The van der Waals surface area contributed by atoms with Crippen LogP contribution in [0.1, 0.15) is 22.5 Å². The normalized spacial score (nSPS) is 12.1. The molecular weight excluding hydrogens is 486 g/mol. The molecule has 192 valence electrons. The van der Waals surface area contributed by atoms with Gasteiger partial charge in [-0.05, 0) is 48.7 Å². The second-order valence-electron chi connectivity index (χ2n) is 9.24. The summed E-state index contributed by atoms with van der Waals surface area (Å²) in [6.07, 6.45) is -0.315. The molecule has 0 bridgehead atoms. The number of carbonyl (C=O) groups is 2. The monoisotopic (exact) mass is 511 g/mol. The topological polar surface area (TPSA) is 130 Å². The number of aromatic hydroxyl groups is 1. The van der Waals surface area contributed by atoms with E-state index in [-0.39, 0.29) is 24.2 Å². The lowest BCUT2D eigenvalue weighted by molar-refractivity contribution is -0.141. The summed E-state index contributed by atoms with van der Waals surface area (Å²) in [6.45, 7) is 3.62. The van der Waals surface area contributed by atoms with Gasteiger partial charge in [0.25, 0.3) is 0 Å². The number of aliphatic carboxylic acids is 1. The highest BCUT2D eigenvalue weighted by atomic mass is 16.4. The SMILES string of the molecule is Cc1oc2cc3oc(=O)c(CC(=O)N[C@@H](Cc4ccc(O)cc4)C(=O)O)c(C)c3cc2c1-c1ccccc1. The number of rotatable bonds is 7. The van der Waals surface area contributed by atoms with Crippen molar-refractivity contribution in [1.29, 1.82) is 0 Å². The number of hydrogen-bond donors (Lipinski definition) is 3. The second kappa shape index (κ2) is 9.89. The zero-order valence-corrected chi connectivity index (χ0v) is 20.8. The summed E-state index contributed by atoms with van der Waals surface area (Å²) >= 11 is 0. The molecule has 0 aliphatic heterocycles. The minimum Gasteiger partial charge on any atom is -0.508 e. The number of carbonyl (C=O) groups excluding carboxylic acids is 1. The van der Waals surface area contributed by atoms with Crippen LogP contribution in [0, 0.1) is 13.8 Å². The molecule has 8 heteroatoms. The van der Waals surface area contributed by atoms with E-state index in [1.807, 2.05) is 43.3 Å². The van der Waals surface area contributed by atoms with Gasteiger partial charge in [0.2, 0.25) is 5.91 Å². The van der Waals surface area contributed by atoms with Crippen LogP contribution in [0.4, 0.5) is 0 Å². The molecule has 0 saturated carbocycles. The highest BCUT2D eigenvalue weighted by Gasteiger charge is 2.23. The average Bonchev–Trinajstić information content (AvgIpc) is 3.21. The van der Waals surface area contributed by atoms with Gasteiger partial charge in [-0.2, -0.15) is 0 Å². The van der Waals surface area contributed by atoms with Gasteiger partial charge in [0.15, 0.2) is 0 Å². The molecule has 0 unspecified atom stereocenters. The van der Waals surface area contributed by atoms with E-state index < -0.39 is 23.5 Å². The predicted octanol–water partition coefficient (Wildman–Crippen LogP) is 4.88. The van der Waals surface area contributed by atoms with Crippen molar-refractivity contribution in [2.45, 2.75) is 32.7 Å². The van der Waals surface area contributed by atoms with Gasteiger partial charge in [-0.15, -0.1) is 0 Å². The number of carboxylic acid groups (broad SMARTS) is 1. The minimum absolute atomic E-state index is 0.0206. The molecule has 3 N–H and O–H groups in total. The van der Waals surface area contributed by atoms with Crippen LogP contribution in [0.3, 0.4) is 0 Å². The van der Waals surface area contributed by atoms with Crippen molar-refractivity contribution < 1.29 is 28.6 Å². The van der Waals surface area contributed by atoms with Gasteiger partial charge in [0.05, 0.1) is 12.0 Å². The van der Waals surface area contributed by atoms with Crippen LogP contribution in [0.15, 0.2) is 80.4 Å². The quantitative estimate of drug-likeness (QED) is 0.265. The molecule has 0 radical (unpaired) electrons. The summed E-state index contributed by atoms with van der Waals surface area (Å²) in [6, 6.07) is 18.2. The maximum atomic E-state index is 12.9. The van der Waals surface area contributed by atoms with Gasteiger partial charge in [0.1, 0.15) is 28.7 Å². The third kappa shape index (κ3) is 4.76. The van der Waals surface area contributed by atoms with Crippen LogP contribution < -0.4 is 10.9 Å². The molecule has 5 aromatic rings. The number of amides is 1. The molecule has 0 aliphatic carbocycles. The van der Waals surface area contributed by atoms with E-state index in [1.165, 1.54) is 12.1 Å². The van der Waals surface area contributed by atoms with E-state index in [0.717, 1.165) is 22.3 Å². The Morgan fingerprint density at radius 1 is 0.921 bits per heavy atom. The van der Waals surface area contributed by atoms with E-state index >= 15 is 0 Å². The number of aryl methyl sites for hydroxylation is 2. The Labute approximate surface area is 217 Å². The molecule has 2 heterocycles. The molecule has 3 aromatic carbocycles. The van der Waals surface area contributed by atoms with Gasteiger partial charge in [-0.3, -0.25) is 4.79 Å². The van der Waals surface area contributed by atoms with Crippen molar-refractivity contribution in [2.75, 3.05) is 0 Å². The minimum atomic E-state index is -1.21. The standard InChI is InChI=1S/C30H25NO7/c1-16-21-13-23-26(37-17(2)28(23)19-6-4-3-5-7-19)15-25(21)38-30(36)22(16)14-27(33)31-24(29(34)35)12-18-8-10-20(32)11-9-18/h3-11,13,15,24,32H,12,14H2,1-2H3,(H,31,33)(H,34,35)/t24-/m0/s1. The largest absolute Gasteiger partial charge is 0.508 e. The fourth-order valence-electron chi connectivity index (χ4n) is 4.74. The first kappa shape index (κ1) is 24.8. The predicted molar refractivity (Wildman–Crippen MR) is 142 cm³/mol. The smallest absolute Gasteiger partial charge is 0.340 e. The lowest BCUT2D eigenvalue weighted by Gasteiger charge is -2.15. The lowest BCUT2D eigenvalue weighted by Crippen LogP contribution is -2.43. The van der Waals surface area contributed by atoms with Crippen LogP contribution in [-0.4, -0.2) is 28.1 Å². The summed E-state index contributed by atoms with van der Waals surface area (Å²) < 4.78 is 11.5. The molecular formula is C30H25NO7. The molecule has 38 heavy (non-hydrogen) atoms. The summed E-state index contributed by atoms with van der Waals surface area (Å²) in [4.78, 5) is 37.5. The number of furan rings is 1. The molecule has 0 aliphatic rings. The van der Waals surface area contributed by atoms with Crippen molar-refractivity contribution >= 4 is 33.8 Å². The molecule has 0 spiro atoms. The van der Waals surface area contributed by atoms with E-state index in [9.17, 15) is 24.6 Å². The summed E-state index contributed by atoms with van der Waals surface area (Å²) in [5.41, 5.74) is 3.55. The third-order valence-corrected chi connectivity index (χ3v) is 6.68. The van der Waals surface area contributed by atoms with Crippen molar-refractivity contribution in [3.63, 3.8) is 0 Å². The Morgan fingerprint density at radius 2 is 1.61 bits per heavy atom. The first-order chi connectivity index (χ1) is 18.2. The number of phenolic OH excluding ortho intramolecular Hbond substituents is 1. The van der Waals surface area contributed by atoms with E-state index in [0.29, 0.717) is 27.7 Å². The van der Waals surface area contributed by atoms with Gasteiger partial charge in [-0.1, -0.05) is 42.5 Å². The Hall–Kier alpha value is -4.85. The fraction of sp³-hybridized carbons (Fsp3) is 0.167. The maximum absolute atomic E-state index is 12.9. The van der Waals surface area contributed by atoms with Crippen molar-refractivity contribution in [3.05, 3.63) is 99.6 Å². The molecule has 2 aromatic heterocycles. The van der Waals surface area contributed by atoms with Gasteiger partial charge in [-0.25, -0.2) is 9.59 Å². The fourth-order valence-corrected chi connectivity index (χ4v) is 4.74. The number of fused-ring (bicyclic) bond motifs is 2. The summed E-state index contributed by atoms with van der Waals surface area (Å²) in [5.74, 6) is -1.03. The van der Waals surface area contributed by atoms with E-state index in [1.54, 1.807) is 25.1 Å². The second-order valence-corrected chi connectivity index (χ2v) is 9.24. The van der Waals surface area contributed by atoms with E-state index in [2.05, 4.69) is 5.32 Å². The van der Waals surface area contributed by atoms with Crippen molar-refractivity contribution in [3.8, 4) is 16.9 Å². The highest BCUT2D eigenvalue weighted by Crippen LogP contribution is 2.37. The number of benzene rings is 3. The first-order valence-corrected chi connectivity index (χ1v) is 12.1. The molecule has 5 rings (SSSR count). The van der Waals surface area contributed by atoms with Crippen LogP contribution in [-0.2, 0) is 22.4 Å². The van der Waals surface area contributed by atoms with E-state index in [4.69, 9.17) is 8.83 Å². The third-order valence-electron chi connectivity index (χ3n) is 6.68. The zero-order chi connectivity index (χ0) is 27.0. The van der Waals surface area contributed by atoms with Crippen LogP contribution >= 0.6 is 0 Å². The molecule has 1 amide bonds. The molecule has 0 fully saturated rings. The van der Waals surface area contributed by atoms with Gasteiger partial charge < -0.3 is 24.4 Å². The van der Waals surface area contributed by atoms with Crippen LogP contribution in [0.25, 0.3) is 33.1 Å². The number of hydrogen-bond acceptors (Lipinski definition) is 6. The van der Waals surface area contributed by atoms with Crippen molar-refractivity contribution in [2.24, 2.45) is 0 Å². The Bertz CT molecular complexity index is 1730. The number of carboxylic acids is 1. The Kier molecular flexibility index (Phi) is 6.46. The van der Waals surface area contributed by atoms with Crippen molar-refractivity contribution in [1.82, 2.24) is 5.32 Å². The number of phenols is 1. The first-order valence-electron chi connectivity index (χ1n) is 12.1.